The third-order valence-corrected chi connectivity index (χ3v) is 3.79. The fourth-order valence-electron chi connectivity index (χ4n) is 1.37. The van der Waals surface area contributed by atoms with E-state index in [0.717, 1.165) is 11.1 Å². The molecule has 3 heteroatoms. The van der Waals surface area contributed by atoms with E-state index in [1.807, 2.05) is 85.0 Å². The van der Waals surface area contributed by atoms with Gasteiger partial charge in [0.1, 0.15) is 0 Å². The minimum atomic E-state index is -1.67. The maximum atomic E-state index is 6.09. The van der Waals surface area contributed by atoms with Crippen molar-refractivity contribution in [3.05, 3.63) is 87.1 Å². The van der Waals surface area contributed by atoms with Gasteiger partial charge in [0.15, 0.2) is 0 Å². The molecule has 0 saturated heterocycles. The minimum absolute atomic E-state index is 0. The molecule has 0 bridgehead atoms. The predicted molar refractivity (Wildman–Crippen MR) is 96.9 cm³/mol. The first-order valence-corrected chi connectivity index (χ1v) is 11.0. The molecular formula is C19H25ClSiZr+2. The van der Waals surface area contributed by atoms with Crippen LogP contribution in [-0.2, 0) is 26.2 Å². The van der Waals surface area contributed by atoms with Gasteiger partial charge in [-0.3, -0.25) is 0 Å². The zero-order chi connectivity index (χ0) is 16.1. The van der Waals surface area contributed by atoms with E-state index in [2.05, 4.69) is 24.9 Å². The van der Waals surface area contributed by atoms with Crippen molar-refractivity contribution in [2.75, 3.05) is 0 Å². The smallest absolute Gasteiger partial charge is 0.377 e. The standard InChI is InChI=1S/C9H15ClSi.2C5H5.Zr/c1-6-8(2)9(3)7-11(4,5)10;2*1-2-4-5-3-1;/h1-5H3;2*1-5H;/q-2;;;+4. The van der Waals surface area contributed by atoms with Crippen LogP contribution in [0.3, 0.4) is 0 Å². The molecule has 0 aliphatic heterocycles. The Labute approximate surface area is 165 Å². The maximum Gasteiger partial charge on any atom is 4.00 e. The van der Waals surface area contributed by atoms with Crippen LogP contribution in [0.2, 0.25) is 13.1 Å². The first-order valence-electron chi connectivity index (χ1n) is 7.02. The molecule has 2 fully saturated rings. The van der Waals surface area contributed by atoms with Gasteiger partial charge in [0.2, 0.25) is 0 Å². The quantitative estimate of drug-likeness (QED) is 0.244. The van der Waals surface area contributed by atoms with E-state index in [1.165, 1.54) is 0 Å². The molecule has 0 aromatic heterocycles. The molecule has 0 N–H and O–H groups in total. The summed E-state index contributed by atoms with van der Waals surface area (Å²) in [5.41, 5.74) is 5.57. The van der Waals surface area contributed by atoms with E-state index in [4.69, 9.17) is 11.1 Å². The summed E-state index contributed by atoms with van der Waals surface area (Å²) in [5, 5.41) is 0. The molecule has 0 heterocycles. The van der Waals surface area contributed by atoms with Crippen LogP contribution in [0.4, 0.5) is 0 Å². The van der Waals surface area contributed by atoms with Crippen LogP contribution in [-0.4, -0.2) is 7.38 Å². The Kier molecular flexibility index (Phi) is 17.6. The summed E-state index contributed by atoms with van der Waals surface area (Å²) in [6.45, 7) is 10.1. The summed E-state index contributed by atoms with van der Waals surface area (Å²) in [6.07, 6.45) is 23.1. The summed E-state index contributed by atoms with van der Waals surface area (Å²) in [5.74, 6) is 0. The number of allylic oxidation sites excluding steroid dienone is 3. The van der Waals surface area contributed by atoms with Gasteiger partial charge < -0.3 is 22.9 Å². The molecule has 0 atom stereocenters. The summed E-state index contributed by atoms with van der Waals surface area (Å²) in [7, 11) is -1.67. The van der Waals surface area contributed by atoms with Crippen molar-refractivity contribution in [2.45, 2.75) is 33.9 Å². The fourth-order valence-corrected chi connectivity index (χ4v) is 2.87. The van der Waals surface area contributed by atoms with Gasteiger partial charge in [-0.2, -0.15) is 11.1 Å². The first kappa shape index (κ1) is 25.1. The molecule has 0 nitrogen and oxygen atoms in total. The summed E-state index contributed by atoms with van der Waals surface area (Å²) >= 11 is 6.09. The van der Waals surface area contributed by atoms with Gasteiger partial charge in [-0.1, -0.05) is 13.1 Å². The molecule has 0 aromatic carbocycles. The third kappa shape index (κ3) is 17.2. The van der Waals surface area contributed by atoms with Crippen molar-refractivity contribution in [1.29, 1.82) is 0 Å². The second kappa shape index (κ2) is 15.4. The van der Waals surface area contributed by atoms with Gasteiger partial charge in [-0.05, 0) is 64.2 Å². The van der Waals surface area contributed by atoms with E-state index in [-0.39, 0.29) is 26.2 Å². The molecule has 2 aliphatic carbocycles. The third-order valence-electron chi connectivity index (χ3n) is 2.53. The largest absolute Gasteiger partial charge is 4.00 e. The summed E-state index contributed by atoms with van der Waals surface area (Å²) in [4.78, 5) is 0. The van der Waals surface area contributed by atoms with Crippen LogP contribution in [0, 0.1) is 76.0 Å². The van der Waals surface area contributed by atoms with Gasteiger partial charge in [0.25, 0.3) is 0 Å². The Bertz CT molecular complexity index is 283. The van der Waals surface area contributed by atoms with Crippen molar-refractivity contribution in [2.24, 2.45) is 0 Å². The number of halogens is 1. The van der Waals surface area contributed by atoms with Crippen molar-refractivity contribution >= 4 is 18.5 Å². The first-order chi connectivity index (χ1) is 9.87. The van der Waals surface area contributed by atoms with Crippen molar-refractivity contribution < 1.29 is 26.2 Å². The van der Waals surface area contributed by atoms with Gasteiger partial charge in [0.05, 0.1) is 7.38 Å². The van der Waals surface area contributed by atoms with Crippen molar-refractivity contribution in [1.82, 2.24) is 0 Å². The van der Waals surface area contributed by atoms with Gasteiger partial charge >= 0.3 is 26.2 Å². The SMILES string of the molecule is C[C-]=C(C)C(C)=[C-][Si](C)(C)Cl.[CH]1[CH][CH][CH][CH]1.[CH]1[CH][CH][CH][CH]1.[Zr+4]. The van der Waals surface area contributed by atoms with E-state index in [0.29, 0.717) is 0 Å². The second-order valence-corrected chi connectivity index (χ2v) is 11.1. The van der Waals surface area contributed by atoms with Crippen LogP contribution in [0.1, 0.15) is 20.8 Å². The molecular weight excluding hydrogens is 383 g/mol. The summed E-state index contributed by atoms with van der Waals surface area (Å²) < 4.78 is 0. The maximum absolute atomic E-state index is 6.09. The minimum Gasteiger partial charge on any atom is -0.377 e. The topological polar surface area (TPSA) is 0 Å². The van der Waals surface area contributed by atoms with Crippen molar-refractivity contribution in [3.63, 3.8) is 0 Å². The molecule has 0 spiro atoms. The summed E-state index contributed by atoms with van der Waals surface area (Å²) in [6, 6.07) is 0. The van der Waals surface area contributed by atoms with E-state index in [1.54, 1.807) is 0 Å². The molecule has 2 saturated carbocycles. The van der Waals surface area contributed by atoms with Crippen LogP contribution in [0.5, 0.6) is 0 Å². The fraction of sp³-hybridized carbons (Fsp3) is 0.263. The molecule has 0 amide bonds. The monoisotopic (exact) mass is 406 g/mol. The molecule has 2 rings (SSSR count). The van der Waals surface area contributed by atoms with E-state index < -0.39 is 7.38 Å². The normalized spacial score (nSPS) is 18.6. The molecule has 10 radical (unpaired) electrons. The predicted octanol–water partition coefficient (Wildman–Crippen LogP) is 5.53. The van der Waals surface area contributed by atoms with Crippen LogP contribution >= 0.6 is 11.1 Å². The average Bonchev–Trinajstić information content (AvgIpc) is 3.12. The van der Waals surface area contributed by atoms with Crippen LogP contribution in [0.25, 0.3) is 0 Å². The molecule has 2 aliphatic rings. The Morgan fingerprint density at radius 1 is 0.727 bits per heavy atom. The average molecular weight is 408 g/mol. The molecule has 22 heavy (non-hydrogen) atoms. The molecule has 114 valence electrons. The van der Waals surface area contributed by atoms with E-state index >= 15 is 0 Å². The molecule has 0 unspecified atom stereocenters. The molecule has 0 aromatic rings. The zero-order valence-corrected chi connectivity index (χ0v) is 18.4. The Balaban J connectivity index is 0. The van der Waals surface area contributed by atoms with Crippen LogP contribution < -0.4 is 0 Å². The van der Waals surface area contributed by atoms with Crippen LogP contribution in [0.15, 0.2) is 11.1 Å². The van der Waals surface area contributed by atoms with Gasteiger partial charge in [-0.15, -0.1) is 20.8 Å². The van der Waals surface area contributed by atoms with Crippen molar-refractivity contribution in [3.8, 4) is 0 Å². The Hall–Kier alpha value is 0.870. The van der Waals surface area contributed by atoms with Gasteiger partial charge in [-0.25, -0.2) is 0 Å². The van der Waals surface area contributed by atoms with Gasteiger partial charge in [0, 0.05) is 0 Å². The Morgan fingerprint density at radius 2 is 1.00 bits per heavy atom. The number of hydrogen-bond acceptors (Lipinski definition) is 0. The number of rotatable bonds is 2. The zero-order valence-electron chi connectivity index (χ0n) is 14.2. The Morgan fingerprint density at radius 3 is 1.18 bits per heavy atom. The second-order valence-electron chi connectivity index (χ2n) is 5.02. The van der Waals surface area contributed by atoms with E-state index in [9.17, 15) is 0 Å². The number of hydrogen-bond donors (Lipinski definition) is 0.